The highest BCUT2D eigenvalue weighted by Gasteiger charge is 1.94. The van der Waals surface area contributed by atoms with Crippen LogP contribution in [0.5, 0.6) is 0 Å². The molecule has 0 aliphatic heterocycles. The number of thiazole rings is 1. The number of aryl methyl sites for hydroxylation is 2. The minimum absolute atomic E-state index is 0.670. The van der Waals surface area contributed by atoms with Gasteiger partial charge in [0.05, 0.1) is 10.7 Å². The minimum Gasteiger partial charge on any atom is -0.247 e. The molecule has 9 heavy (non-hydrogen) atoms. The Morgan fingerprint density at radius 3 is 3.00 bits per heavy atom. The summed E-state index contributed by atoms with van der Waals surface area (Å²) in [5, 5.41) is 3.17. The molecule has 0 unspecified atom stereocenters. The molecule has 0 saturated carbocycles. The summed E-state index contributed by atoms with van der Waals surface area (Å²) in [6, 6.07) is 0. The standard InChI is InChI=1S/C6H8ClNS/c1-5-8-6(2-3-7)4-9-5/h4H,2-3H2,1H3. The number of hydrogen-bond acceptors (Lipinski definition) is 2. The van der Waals surface area contributed by atoms with Crippen LogP contribution in [0.15, 0.2) is 5.38 Å². The predicted octanol–water partition coefficient (Wildman–Crippen LogP) is 2.23. The molecule has 1 aromatic heterocycles. The van der Waals surface area contributed by atoms with E-state index in [4.69, 9.17) is 11.6 Å². The highest BCUT2D eigenvalue weighted by Crippen LogP contribution is 2.08. The summed E-state index contributed by atoms with van der Waals surface area (Å²) >= 11 is 7.18. The van der Waals surface area contributed by atoms with Gasteiger partial charge < -0.3 is 0 Å². The van der Waals surface area contributed by atoms with E-state index in [1.165, 1.54) is 0 Å². The summed E-state index contributed by atoms with van der Waals surface area (Å²) in [6.45, 7) is 2.00. The zero-order valence-corrected chi connectivity index (χ0v) is 6.80. The normalized spacial score (nSPS) is 10.0. The van der Waals surface area contributed by atoms with Crippen molar-refractivity contribution in [2.24, 2.45) is 0 Å². The van der Waals surface area contributed by atoms with E-state index in [9.17, 15) is 0 Å². The van der Waals surface area contributed by atoms with Crippen LogP contribution in [-0.4, -0.2) is 10.9 Å². The maximum atomic E-state index is 5.51. The third-order valence-corrected chi connectivity index (χ3v) is 2.03. The lowest BCUT2D eigenvalue weighted by Crippen LogP contribution is -1.84. The molecule has 0 saturated heterocycles. The zero-order valence-electron chi connectivity index (χ0n) is 5.22. The average Bonchev–Trinajstić information content (AvgIpc) is 2.17. The highest BCUT2D eigenvalue weighted by molar-refractivity contribution is 7.09. The molecular formula is C6H8ClNS. The molecule has 0 aromatic carbocycles. The van der Waals surface area contributed by atoms with Gasteiger partial charge in [-0.1, -0.05) is 0 Å². The molecule has 0 spiro atoms. The molecule has 0 fully saturated rings. The molecule has 3 heteroatoms. The Kier molecular flexibility index (Phi) is 2.49. The van der Waals surface area contributed by atoms with Crippen LogP contribution >= 0.6 is 22.9 Å². The van der Waals surface area contributed by atoms with Crippen LogP contribution in [0, 0.1) is 6.92 Å². The van der Waals surface area contributed by atoms with E-state index < -0.39 is 0 Å². The van der Waals surface area contributed by atoms with E-state index in [1.807, 2.05) is 6.92 Å². The molecule has 0 aliphatic rings. The van der Waals surface area contributed by atoms with Gasteiger partial charge in [0, 0.05) is 17.7 Å². The van der Waals surface area contributed by atoms with E-state index in [0.717, 1.165) is 17.1 Å². The van der Waals surface area contributed by atoms with Crippen molar-refractivity contribution < 1.29 is 0 Å². The fraction of sp³-hybridized carbons (Fsp3) is 0.500. The van der Waals surface area contributed by atoms with Crippen molar-refractivity contribution >= 4 is 22.9 Å². The predicted molar refractivity (Wildman–Crippen MR) is 41.3 cm³/mol. The molecule has 1 heterocycles. The Hall–Kier alpha value is -0.0800. The molecule has 0 radical (unpaired) electrons. The smallest absolute Gasteiger partial charge is 0.0897 e. The van der Waals surface area contributed by atoms with Crippen LogP contribution < -0.4 is 0 Å². The van der Waals surface area contributed by atoms with Gasteiger partial charge in [0.1, 0.15) is 0 Å². The number of halogens is 1. The van der Waals surface area contributed by atoms with Crippen LogP contribution in [0.2, 0.25) is 0 Å². The first kappa shape index (κ1) is 7.03. The number of hydrogen-bond donors (Lipinski definition) is 0. The first-order chi connectivity index (χ1) is 4.33. The lowest BCUT2D eigenvalue weighted by atomic mass is 10.4. The molecule has 1 nitrogen and oxygen atoms in total. The van der Waals surface area contributed by atoms with Crippen LogP contribution in [0.25, 0.3) is 0 Å². The van der Waals surface area contributed by atoms with Gasteiger partial charge in [-0.25, -0.2) is 4.98 Å². The van der Waals surface area contributed by atoms with Crippen molar-refractivity contribution in [3.8, 4) is 0 Å². The average molecular weight is 162 g/mol. The van der Waals surface area contributed by atoms with Gasteiger partial charge in [0.2, 0.25) is 0 Å². The molecule has 0 atom stereocenters. The SMILES string of the molecule is Cc1nc(CCCl)cs1. The van der Waals surface area contributed by atoms with Gasteiger partial charge in [-0.15, -0.1) is 22.9 Å². The molecule has 0 bridgehead atoms. The summed E-state index contributed by atoms with van der Waals surface area (Å²) in [6.07, 6.45) is 0.895. The second-order valence-electron chi connectivity index (χ2n) is 1.80. The first-order valence-electron chi connectivity index (χ1n) is 2.80. The number of aromatic nitrogens is 1. The maximum Gasteiger partial charge on any atom is 0.0897 e. The summed E-state index contributed by atoms with van der Waals surface area (Å²) in [5.41, 5.74) is 1.12. The lowest BCUT2D eigenvalue weighted by molar-refractivity contribution is 1.05. The van der Waals surface area contributed by atoms with Gasteiger partial charge in [-0.2, -0.15) is 0 Å². The molecule has 1 rings (SSSR count). The summed E-state index contributed by atoms with van der Waals surface area (Å²) in [7, 11) is 0. The number of alkyl halides is 1. The quantitative estimate of drug-likeness (QED) is 0.607. The molecule has 0 N–H and O–H groups in total. The van der Waals surface area contributed by atoms with Crippen LogP contribution in [0.3, 0.4) is 0 Å². The van der Waals surface area contributed by atoms with E-state index >= 15 is 0 Å². The molecule has 0 aliphatic carbocycles. The third kappa shape index (κ3) is 1.95. The van der Waals surface area contributed by atoms with Crippen LogP contribution in [-0.2, 0) is 6.42 Å². The second kappa shape index (κ2) is 3.18. The van der Waals surface area contributed by atoms with Crippen molar-refractivity contribution in [3.05, 3.63) is 16.1 Å². The van der Waals surface area contributed by atoms with Crippen molar-refractivity contribution in [1.82, 2.24) is 4.98 Å². The van der Waals surface area contributed by atoms with E-state index in [0.29, 0.717) is 5.88 Å². The fourth-order valence-electron chi connectivity index (χ4n) is 0.620. The molecule has 50 valence electrons. The van der Waals surface area contributed by atoms with Gasteiger partial charge >= 0.3 is 0 Å². The van der Waals surface area contributed by atoms with E-state index in [2.05, 4.69) is 10.4 Å². The van der Waals surface area contributed by atoms with Gasteiger partial charge in [-0.05, 0) is 6.92 Å². The largest absolute Gasteiger partial charge is 0.247 e. The van der Waals surface area contributed by atoms with Crippen molar-refractivity contribution in [2.45, 2.75) is 13.3 Å². The third-order valence-electron chi connectivity index (χ3n) is 1.02. The highest BCUT2D eigenvalue weighted by atomic mass is 35.5. The Morgan fingerprint density at radius 1 is 1.78 bits per heavy atom. The zero-order chi connectivity index (χ0) is 6.69. The van der Waals surface area contributed by atoms with Crippen molar-refractivity contribution in [3.63, 3.8) is 0 Å². The van der Waals surface area contributed by atoms with Crippen molar-refractivity contribution in [2.75, 3.05) is 5.88 Å². The van der Waals surface area contributed by atoms with Gasteiger partial charge in [-0.3, -0.25) is 0 Å². The Bertz CT molecular complexity index is 185. The van der Waals surface area contributed by atoms with E-state index in [1.54, 1.807) is 11.3 Å². The first-order valence-corrected chi connectivity index (χ1v) is 4.21. The fourth-order valence-corrected chi connectivity index (χ4v) is 1.46. The summed E-state index contributed by atoms with van der Waals surface area (Å²) < 4.78 is 0. The van der Waals surface area contributed by atoms with Gasteiger partial charge in [0.25, 0.3) is 0 Å². The maximum absolute atomic E-state index is 5.51. The molecular weight excluding hydrogens is 154 g/mol. The van der Waals surface area contributed by atoms with Crippen LogP contribution in [0.4, 0.5) is 0 Å². The van der Waals surface area contributed by atoms with Crippen molar-refractivity contribution in [1.29, 1.82) is 0 Å². The summed E-state index contributed by atoms with van der Waals surface area (Å²) in [4.78, 5) is 4.23. The Morgan fingerprint density at radius 2 is 2.56 bits per heavy atom. The monoisotopic (exact) mass is 161 g/mol. The Balaban J connectivity index is 2.61. The second-order valence-corrected chi connectivity index (χ2v) is 3.24. The number of nitrogens with zero attached hydrogens (tertiary/aromatic N) is 1. The summed E-state index contributed by atoms with van der Waals surface area (Å²) in [5.74, 6) is 0.670. The molecule has 0 amide bonds. The topological polar surface area (TPSA) is 12.9 Å². The number of rotatable bonds is 2. The minimum atomic E-state index is 0.670. The van der Waals surface area contributed by atoms with E-state index in [-0.39, 0.29) is 0 Å². The lowest BCUT2D eigenvalue weighted by Gasteiger charge is -1.84. The molecule has 1 aromatic rings. The van der Waals surface area contributed by atoms with Gasteiger partial charge in [0.15, 0.2) is 0 Å². The Labute approximate surface area is 63.7 Å². The van der Waals surface area contributed by atoms with Crippen LogP contribution in [0.1, 0.15) is 10.7 Å².